The number of hydrogen-bond donors (Lipinski definition) is 1. The summed E-state index contributed by atoms with van der Waals surface area (Å²) in [5.41, 5.74) is 4.28. The highest BCUT2D eigenvalue weighted by Crippen LogP contribution is 2.18. The number of H-pyrrole nitrogens is 1. The lowest BCUT2D eigenvalue weighted by atomic mass is 10.2. The predicted molar refractivity (Wildman–Crippen MR) is 73.0 cm³/mol. The molecule has 0 saturated heterocycles. The maximum Gasteiger partial charge on any atom is 0.178 e. The molecule has 90 valence electrons. The van der Waals surface area contributed by atoms with E-state index in [-0.39, 0.29) is 0 Å². The van der Waals surface area contributed by atoms with Gasteiger partial charge >= 0.3 is 0 Å². The fraction of sp³-hybridized carbons (Fsp3) is 0.154. The van der Waals surface area contributed by atoms with Crippen LogP contribution in [-0.2, 0) is 6.54 Å². The van der Waals surface area contributed by atoms with E-state index in [0.717, 1.165) is 16.7 Å². The predicted octanol–water partition coefficient (Wildman–Crippen LogP) is 2.85. The van der Waals surface area contributed by atoms with Gasteiger partial charge in [0.1, 0.15) is 0 Å². The molecule has 2 aromatic heterocycles. The second kappa shape index (κ2) is 4.34. The van der Waals surface area contributed by atoms with Gasteiger partial charge in [-0.05, 0) is 42.9 Å². The number of para-hydroxylation sites is 1. The van der Waals surface area contributed by atoms with Crippen molar-refractivity contribution in [2.75, 3.05) is 0 Å². The Balaban J connectivity index is 2.15. The Morgan fingerprint density at radius 3 is 2.94 bits per heavy atom. The molecule has 0 saturated carbocycles. The first-order valence-corrected chi connectivity index (χ1v) is 6.11. The van der Waals surface area contributed by atoms with Gasteiger partial charge in [-0.3, -0.25) is 0 Å². The summed E-state index contributed by atoms with van der Waals surface area (Å²) >= 11 is 5.37. The van der Waals surface area contributed by atoms with E-state index in [1.54, 1.807) is 6.20 Å². The summed E-state index contributed by atoms with van der Waals surface area (Å²) in [5, 5.41) is 7.98. The molecule has 0 unspecified atom stereocenters. The van der Waals surface area contributed by atoms with Gasteiger partial charge in [0, 0.05) is 6.20 Å². The van der Waals surface area contributed by atoms with Gasteiger partial charge in [-0.15, -0.1) is 0 Å². The molecule has 0 aliphatic heterocycles. The van der Waals surface area contributed by atoms with Gasteiger partial charge in [0.2, 0.25) is 0 Å². The number of fused-ring (bicyclic) bond motifs is 1. The smallest absolute Gasteiger partial charge is 0.178 e. The first-order chi connectivity index (χ1) is 8.75. The van der Waals surface area contributed by atoms with Crippen LogP contribution in [0.1, 0.15) is 11.3 Å². The zero-order chi connectivity index (χ0) is 12.5. The zero-order valence-corrected chi connectivity index (χ0v) is 10.7. The van der Waals surface area contributed by atoms with Crippen LogP contribution in [0.2, 0.25) is 0 Å². The molecule has 4 nitrogen and oxygen atoms in total. The number of aromatic amines is 1. The Kier molecular flexibility index (Phi) is 2.68. The normalized spacial score (nSPS) is 10.9. The second-order valence-corrected chi connectivity index (χ2v) is 4.59. The molecule has 0 atom stereocenters. The van der Waals surface area contributed by atoms with Crippen molar-refractivity contribution in [3.05, 3.63) is 52.6 Å². The van der Waals surface area contributed by atoms with Gasteiger partial charge in [0.25, 0.3) is 0 Å². The van der Waals surface area contributed by atoms with Gasteiger partial charge in [0.05, 0.1) is 23.3 Å². The van der Waals surface area contributed by atoms with Crippen LogP contribution in [0.4, 0.5) is 0 Å². The highest BCUT2D eigenvalue weighted by molar-refractivity contribution is 7.71. The fourth-order valence-electron chi connectivity index (χ4n) is 2.06. The third kappa shape index (κ3) is 1.82. The number of imidazole rings is 1. The van der Waals surface area contributed by atoms with Crippen LogP contribution in [0.5, 0.6) is 0 Å². The van der Waals surface area contributed by atoms with Gasteiger partial charge in [-0.1, -0.05) is 12.1 Å². The van der Waals surface area contributed by atoms with Crippen LogP contribution in [0, 0.1) is 11.7 Å². The largest absolute Gasteiger partial charge is 0.330 e. The highest BCUT2D eigenvalue weighted by atomic mass is 32.1. The first-order valence-electron chi connectivity index (χ1n) is 5.70. The number of benzene rings is 1. The van der Waals surface area contributed by atoms with Crippen molar-refractivity contribution < 1.29 is 0 Å². The Morgan fingerprint density at radius 2 is 2.17 bits per heavy atom. The van der Waals surface area contributed by atoms with Crippen LogP contribution in [-0.4, -0.2) is 19.7 Å². The second-order valence-electron chi connectivity index (χ2n) is 4.20. The third-order valence-electron chi connectivity index (χ3n) is 2.97. The molecule has 0 bridgehead atoms. The summed E-state index contributed by atoms with van der Waals surface area (Å²) in [6.07, 6.45) is 1.67. The van der Waals surface area contributed by atoms with E-state index in [4.69, 9.17) is 12.2 Å². The van der Waals surface area contributed by atoms with E-state index < -0.39 is 0 Å². The molecule has 3 rings (SSSR count). The molecule has 2 heterocycles. The standard InChI is InChI=1S/C13H12N4S/c1-9-4-2-6-11-12(9)15-13(18)17(11)8-10-5-3-7-14-16-10/h2-7H,8H2,1H3,(H,15,18). The fourth-order valence-corrected chi connectivity index (χ4v) is 2.33. The number of nitrogens with zero attached hydrogens (tertiary/aromatic N) is 3. The molecular formula is C13H12N4S. The number of aromatic nitrogens is 4. The van der Waals surface area contributed by atoms with Crippen molar-refractivity contribution in [2.45, 2.75) is 13.5 Å². The Hall–Kier alpha value is -2.01. The van der Waals surface area contributed by atoms with Crippen molar-refractivity contribution in [3.8, 4) is 0 Å². The molecule has 1 N–H and O–H groups in total. The lowest BCUT2D eigenvalue weighted by Gasteiger charge is -2.03. The number of aryl methyl sites for hydroxylation is 1. The van der Waals surface area contributed by atoms with Crippen LogP contribution in [0.15, 0.2) is 36.5 Å². The van der Waals surface area contributed by atoms with Crippen LogP contribution < -0.4 is 0 Å². The highest BCUT2D eigenvalue weighted by Gasteiger charge is 2.07. The molecule has 0 fully saturated rings. The lowest BCUT2D eigenvalue weighted by Crippen LogP contribution is -2.02. The summed E-state index contributed by atoms with van der Waals surface area (Å²) in [6.45, 7) is 2.70. The van der Waals surface area contributed by atoms with Gasteiger partial charge in [-0.2, -0.15) is 10.2 Å². The number of rotatable bonds is 2. The maximum absolute atomic E-state index is 5.37. The van der Waals surface area contributed by atoms with Crippen molar-refractivity contribution in [1.29, 1.82) is 0 Å². The SMILES string of the molecule is Cc1cccc2c1[nH]c(=S)n2Cc1cccnn1. The Bertz CT molecular complexity index is 743. The molecule has 0 radical (unpaired) electrons. The summed E-state index contributed by atoms with van der Waals surface area (Å²) in [6, 6.07) is 9.99. The molecule has 1 aromatic carbocycles. The summed E-state index contributed by atoms with van der Waals surface area (Å²) in [4.78, 5) is 3.25. The maximum atomic E-state index is 5.37. The van der Waals surface area contributed by atoms with E-state index in [1.807, 2.05) is 22.8 Å². The molecular weight excluding hydrogens is 244 g/mol. The van der Waals surface area contributed by atoms with Crippen LogP contribution in [0.25, 0.3) is 11.0 Å². The van der Waals surface area contributed by atoms with Crippen molar-refractivity contribution in [1.82, 2.24) is 19.7 Å². The lowest BCUT2D eigenvalue weighted by molar-refractivity contribution is 0.762. The number of nitrogens with one attached hydrogen (secondary N) is 1. The molecule has 0 aliphatic carbocycles. The summed E-state index contributed by atoms with van der Waals surface area (Å²) < 4.78 is 2.76. The molecule has 0 amide bonds. The van der Waals surface area contributed by atoms with Crippen LogP contribution in [0.3, 0.4) is 0 Å². The minimum absolute atomic E-state index is 0.635. The minimum Gasteiger partial charge on any atom is -0.330 e. The third-order valence-corrected chi connectivity index (χ3v) is 3.29. The van der Waals surface area contributed by atoms with E-state index in [9.17, 15) is 0 Å². The summed E-state index contributed by atoms with van der Waals surface area (Å²) in [7, 11) is 0. The molecule has 0 aliphatic rings. The zero-order valence-electron chi connectivity index (χ0n) is 9.92. The van der Waals surface area contributed by atoms with E-state index >= 15 is 0 Å². The molecule has 0 spiro atoms. The Labute approximate surface area is 109 Å². The van der Waals surface area contributed by atoms with Crippen LogP contribution >= 0.6 is 12.2 Å². The average molecular weight is 256 g/mol. The molecule has 3 aromatic rings. The monoisotopic (exact) mass is 256 g/mol. The average Bonchev–Trinajstić information content (AvgIpc) is 2.70. The van der Waals surface area contributed by atoms with Crippen molar-refractivity contribution in [2.24, 2.45) is 0 Å². The van der Waals surface area contributed by atoms with Gasteiger partial charge in [0.15, 0.2) is 4.77 Å². The number of hydrogen-bond acceptors (Lipinski definition) is 3. The van der Waals surface area contributed by atoms with Crippen molar-refractivity contribution >= 4 is 23.3 Å². The topological polar surface area (TPSA) is 46.5 Å². The molecule has 18 heavy (non-hydrogen) atoms. The van der Waals surface area contributed by atoms with Gasteiger partial charge in [-0.25, -0.2) is 0 Å². The minimum atomic E-state index is 0.635. The quantitative estimate of drug-likeness (QED) is 0.717. The Morgan fingerprint density at radius 1 is 1.28 bits per heavy atom. The van der Waals surface area contributed by atoms with E-state index in [2.05, 4.69) is 34.2 Å². The van der Waals surface area contributed by atoms with E-state index in [1.165, 1.54) is 5.56 Å². The van der Waals surface area contributed by atoms with Crippen molar-refractivity contribution in [3.63, 3.8) is 0 Å². The van der Waals surface area contributed by atoms with Gasteiger partial charge < -0.3 is 9.55 Å². The van der Waals surface area contributed by atoms with E-state index in [0.29, 0.717) is 11.3 Å². The first kappa shape index (κ1) is 11.1. The summed E-state index contributed by atoms with van der Waals surface area (Å²) in [5.74, 6) is 0. The molecule has 5 heteroatoms.